The molecule has 100 valence electrons. The molecule has 0 unspecified atom stereocenters. The number of nitrogens with zero attached hydrogens (tertiary/aromatic N) is 2. The first-order chi connectivity index (χ1) is 8.34. The van der Waals surface area contributed by atoms with Crippen molar-refractivity contribution >= 4 is 21.3 Å². The van der Waals surface area contributed by atoms with Gasteiger partial charge in [-0.3, -0.25) is 10.1 Å². The molecule has 0 fully saturated rings. The molecule has 0 radical (unpaired) electrons. The van der Waals surface area contributed by atoms with Crippen LogP contribution >= 0.6 is 0 Å². The summed E-state index contributed by atoms with van der Waals surface area (Å²) in [5.74, 6) is 0.508. The summed E-state index contributed by atoms with van der Waals surface area (Å²) in [7, 11) is -3.06. The maximum Gasteiger partial charge on any atom is 0.287 e. The van der Waals surface area contributed by atoms with E-state index in [9.17, 15) is 18.5 Å². The lowest BCUT2D eigenvalue weighted by atomic mass is 10.3. The number of nitro groups is 1. The van der Waals surface area contributed by atoms with Gasteiger partial charge in [0.2, 0.25) is 0 Å². The lowest BCUT2D eigenvalue weighted by molar-refractivity contribution is -0.385. The largest absolute Gasteiger partial charge is 0.367 e. The maximum atomic E-state index is 11.4. The minimum Gasteiger partial charge on any atom is -0.367 e. The molecule has 0 saturated carbocycles. The van der Waals surface area contributed by atoms with Gasteiger partial charge in [-0.25, -0.2) is 13.4 Å². The molecular formula is C10H15N3O4S. The van der Waals surface area contributed by atoms with Crippen molar-refractivity contribution in [1.82, 2.24) is 4.98 Å². The van der Waals surface area contributed by atoms with Crippen LogP contribution in [0, 0.1) is 10.1 Å². The summed E-state index contributed by atoms with van der Waals surface area (Å²) >= 11 is 0. The smallest absolute Gasteiger partial charge is 0.287 e. The molecule has 0 spiro atoms. The zero-order chi connectivity index (χ0) is 13.8. The summed E-state index contributed by atoms with van der Waals surface area (Å²) in [6.45, 7) is 3.31. The molecule has 1 rings (SSSR count). The Morgan fingerprint density at radius 1 is 1.50 bits per heavy atom. The Morgan fingerprint density at radius 3 is 2.61 bits per heavy atom. The number of hydrogen-bond donors (Lipinski definition) is 1. The summed E-state index contributed by atoms with van der Waals surface area (Å²) in [4.78, 5) is 13.7. The highest BCUT2D eigenvalue weighted by molar-refractivity contribution is 7.91. The summed E-state index contributed by atoms with van der Waals surface area (Å²) < 4.78 is 22.8. The van der Waals surface area contributed by atoms with Gasteiger partial charge in [-0.2, -0.15) is 0 Å². The van der Waals surface area contributed by atoms with Crippen molar-refractivity contribution in [3.63, 3.8) is 0 Å². The van der Waals surface area contributed by atoms with E-state index < -0.39 is 14.8 Å². The minimum absolute atomic E-state index is 0.00215. The van der Waals surface area contributed by atoms with Crippen LogP contribution < -0.4 is 5.32 Å². The van der Waals surface area contributed by atoms with Crippen LogP contribution in [0.2, 0.25) is 0 Å². The minimum atomic E-state index is -3.06. The number of sulfone groups is 1. The van der Waals surface area contributed by atoms with E-state index in [0.717, 1.165) is 6.20 Å². The fourth-order valence-corrected chi connectivity index (χ4v) is 2.45. The molecule has 8 heteroatoms. The number of aromatic nitrogens is 1. The molecule has 0 aromatic carbocycles. The summed E-state index contributed by atoms with van der Waals surface area (Å²) in [5, 5.41) is 13.3. The highest BCUT2D eigenvalue weighted by atomic mass is 32.2. The third kappa shape index (κ3) is 4.28. The molecule has 1 aromatic rings. The second-order valence-corrected chi connectivity index (χ2v) is 6.30. The van der Waals surface area contributed by atoms with Crippen molar-refractivity contribution < 1.29 is 13.3 Å². The summed E-state index contributed by atoms with van der Waals surface area (Å²) in [5.41, 5.74) is -0.102. The lowest BCUT2D eigenvalue weighted by Gasteiger charge is -2.13. The predicted octanol–water partition coefficient (Wildman–Crippen LogP) is 1.22. The van der Waals surface area contributed by atoms with Crippen molar-refractivity contribution in [2.24, 2.45) is 0 Å². The highest BCUT2D eigenvalue weighted by Gasteiger charge is 2.14. The average Bonchev–Trinajstić information content (AvgIpc) is 2.29. The van der Waals surface area contributed by atoms with Crippen molar-refractivity contribution in [1.29, 1.82) is 0 Å². The van der Waals surface area contributed by atoms with E-state index in [1.165, 1.54) is 12.1 Å². The first-order valence-electron chi connectivity index (χ1n) is 5.41. The topological polar surface area (TPSA) is 102 Å². The lowest BCUT2D eigenvalue weighted by Crippen LogP contribution is -2.27. The van der Waals surface area contributed by atoms with Crippen LogP contribution in [0.4, 0.5) is 11.5 Å². The molecule has 1 heterocycles. The molecule has 7 nitrogen and oxygen atoms in total. The van der Waals surface area contributed by atoms with Crippen LogP contribution in [0.3, 0.4) is 0 Å². The van der Waals surface area contributed by atoms with E-state index >= 15 is 0 Å². The molecule has 1 aromatic heterocycles. The monoisotopic (exact) mass is 273 g/mol. The molecule has 0 saturated heterocycles. The standard InChI is InChI=1S/C10H15N3O4S/c1-3-18(16,17)7-8(2)12-10-5-4-9(6-11-10)13(14)15/h4-6,8H,3,7H2,1-2H3,(H,11,12)/t8-/m0/s1. The van der Waals surface area contributed by atoms with Crippen LogP contribution in [0.25, 0.3) is 0 Å². The maximum absolute atomic E-state index is 11.4. The Hall–Kier alpha value is -1.70. The third-order valence-electron chi connectivity index (χ3n) is 2.30. The molecule has 1 atom stereocenters. The zero-order valence-corrected chi connectivity index (χ0v) is 11.0. The van der Waals surface area contributed by atoms with Gasteiger partial charge in [0.1, 0.15) is 12.0 Å². The highest BCUT2D eigenvalue weighted by Crippen LogP contribution is 2.12. The molecule has 0 aliphatic carbocycles. The van der Waals surface area contributed by atoms with Gasteiger partial charge < -0.3 is 5.32 Å². The number of pyridine rings is 1. The first-order valence-corrected chi connectivity index (χ1v) is 7.23. The number of hydrogen-bond acceptors (Lipinski definition) is 6. The fraction of sp³-hybridized carbons (Fsp3) is 0.500. The van der Waals surface area contributed by atoms with E-state index in [-0.39, 0.29) is 23.2 Å². The molecule has 0 aliphatic rings. The van der Waals surface area contributed by atoms with E-state index in [2.05, 4.69) is 10.3 Å². The molecule has 0 amide bonds. The van der Waals surface area contributed by atoms with Gasteiger partial charge in [-0.15, -0.1) is 0 Å². The van der Waals surface area contributed by atoms with Gasteiger partial charge in [-0.05, 0) is 13.0 Å². The predicted molar refractivity (Wildman–Crippen MR) is 68.3 cm³/mol. The Kier molecular flexibility index (Phi) is 4.60. The van der Waals surface area contributed by atoms with Gasteiger partial charge in [0.25, 0.3) is 5.69 Å². The molecule has 0 bridgehead atoms. The quantitative estimate of drug-likeness (QED) is 0.617. The molecule has 0 aliphatic heterocycles. The van der Waals surface area contributed by atoms with Crippen molar-refractivity contribution in [2.45, 2.75) is 19.9 Å². The number of nitrogens with one attached hydrogen (secondary N) is 1. The van der Waals surface area contributed by atoms with E-state index in [1.807, 2.05) is 0 Å². The van der Waals surface area contributed by atoms with Gasteiger partial charge in [-0.1, -0.05) is 6.92 Å². The summed E-state index contributed by atoms with van der Waals surface area (Å²) in [6.07, 6.45) is 1.13. The van der Waals surface area contributed by atoms with Crippen LogP contribution in [-0.2, 0) is 9.84 Å². The second-order valence-electron chi connectivity index (χ2n) is 3.90. The van der Waals surface area contributed by atoms with Crippen molar-refractivity contribution in [3.05, 3.63) is 28.4 Å². The van der Waals surface area contributed by atoms with Gasteiger partial charge in [0.15, 0.2) is 9.84 Å². The van der Waals surface area contributed by atoms with Gasteiger partial charge in [0.05, 0.1) is 10.7 Å². The SMILES string of the molecule is CCS(=O)(=O)C[C@H](C)Nc1ccc([N+](=O)[O-])cn1. The summed E-state index contributed by atoms with van der Waals surface area (Å²) in [6, 6.07) is 2.47. The van der Waals surface area contributed by atoms with Crippen LogP contribution in [-0.4, -0.2) is 35.9 Å². The van der Waals surface area contributed by atoms with Crippen LogP contribution in [0.1, 0.15) is 13.8 Å². The van der Waals surface area contributed by atoms with Crippen LogP contribution in [0.5, 0.6) is 0 Å². The van der Waals surface area contributed by atoms with Gasteiger partial charge in [0, 0.05) is 17.9 Å². The first kappa shape index (κ1) is 14.4. The average molecular weight is 273 g/mol. The fourth-order valence-electron chi connectivity index (χ4n) is 1.37. The Bertz CT molecular complexity index is 512. The molecule has 1 N–H and O–H groups in total. The van der Waals surface area contributed by atoms with E-state index in [1.54, 1.807) is 13.8 Å². The second kappa shape index (κ2) is 5.76. The Morgan fingerprint density at radius 2 is 2.17 bits per heavy atom. The normalized spacial score (nSPS) is 13.0. The molecule has 18 heavy (non-hydrogen) atoms. The van der Waals surface area contributed by atoms with E-state index in [0.29, 0.717) is 5.82 Å². The number of anilines is 1. The van der Waals surface area contributed by atoms with Crippen molar-refractivity contribution in [2.75, 3.05) is 16.8 Å². The number of rotatable bonds is 6. The van der Waals surface area contributed by atoms with Gasteiger partial charge >= 0.3 is 0 Å². The van der Waals surface area contributed by atoms with Crippen molar-refractivity contribution in [3.8, 4) is 0 Å². The molecular weight excluding hydrogens is 258 g/mol. The Labute approximate surface area is 105 Å². The zero-order valence-electron chi connectivity index (χ0n) is 10.2. The third-order valence-corrected chi connectivity index (χ3v) is 4.18. The van der Waals surface area contributed by atoms with Crippen LogP contribution in [0.15, 0.2) is 18.3 Å². The van der Waals surface area contributed by atoms with E-state index in [4.69, 9.17) is 0 Å². The Balaban J connectivity index is 2.65.